The van der Waals surface area contributed by atoms with Crippen LogP contribution < -0.4 is 10.1 Å². The topological polar surface area (TPSA) is 67.8 Å². The third-order valence-electron chi connectivity index (χ3n) is 4.67. The lowest BCUT2D eigenvalue weighted by Gasteiger charge is -2.19. The summed E-state index contributed by atoms with van der Waals surface area (Å²) in [5.41, 5.74) is 1.90. The smallest absolute Gasteiger partial charge is 0.407 e. The second kappa shape index (κ2) is 11.6. The number of carbonyl (C=O) groups excluding carboxylic acids is 1. The minimum atomic E-state index is -0.461. The summed E-state index contributed by atoms with van der Waals surface area (Å²) >= 11 is 0. The summed E-state index contributed by atoms with van der Waals surface area (Å²) in [4.78, 5) is 12.3. The average Bonchev–Trinajstić information content (AvgIpc) is 2.79. The highest BCUT2D eigenvalue weighted by Crippen LogP contribution is 2.25. The van der Waals surface area contributed by atoms with Crippen LogP contribution in [0.15, 0.2) is 84.9 Å². The van der Waals surface area contributed by atoms with E-state index in [0.717, 1.165) is 29.0 Å². The normalized spacial score (nSPS) is 11.5. The molecule has 0 heterocycles. The first-order valence-electron chi connectivity index (χ1n) is 10.2. The number of hydrogen-bond acceptors (Lipinski definition) is 4. The molecular formula is C25H27NO4. The Morgan fingerprint density at radius 2 is 1.47 bits per heavy atom. The van der Waals surface area contributed by atoms with Crippen LogP contribution in [0.4, 0.5) is 4.79 Å². The Hall–Kier alpha value is -3.31. The third-order valence-corrected chi connectivity index (χ3v) is 4.67. The van der Waals surface area contributed by atoms with Gasteiger partial charge in [0, 0.05) is 6.61 Å². The van der Waals surface area contributed by atoms with Gasteiger partial charge >= 0.3 is 6.09 Å². The molecule has 30 heavy (non-hydrogen) atoms. The highest BCUT2D eigenvalue weighted by Gasteiger charge is 2.16. The van der Waals surface area contributed by atoms with Crippen molar-refractivity contribution in [3.05, 3.63) is 96.1 Å². The van der Waals surface area contributed by atoms with Crippen molar-refractivity contribution in [2.45, 2.75) is 31.9 Å². The number of benzene rings is 3. The van der Waals surface area contributed by atoms with Gasteiger partial charge in [-0.15, -0.1) is 0 Å². The molecule has 0 spiro atoms. The van der Waals surface area contributed by atoms with Gasteiger partial charge in [-0.25, -0.2) is 4.79 Å². The molecule has 0 radical (unpaired) electrons. The fraction of sp³-hybridized carbons (Fsp3) is 0.240. The molecule has 3 rings (SSSR count). The molecule has 1 atom stereocenters. The molecule has 156 valence electrons. The molecule has 0 unspecified atom stereocenters. The van der Waals surface area contributed by atoms with E-state index in [9.17, 15) is 4.79 Å². The molecule has 0 bridgehead atoms. The lowest BCUT2D eigenvalue weighted by molar-refractivity contribution is 0.134. The second-order valence-electron chi connectivity index (χ2n) is 6.96. The fourth-order valence-corrected chi connectivity index (χ4v) is 3.08. The molecule has 0 fully saturated rings. The maximum Gasteiger partial charge on any atom is 0.407 e. The standard InChI is InChI=1S/C25H27NO4/c27-18-8-7-13-24(26-25(28)29-19-20-9-3-1-4-10-20)21-14-16-23(17-15-21)30-22-11-5-2-6-12-22/h1-6,9-12,14-17,24,27H,7-8,13,18-19H2,(H,26,28)/t24-/m0/s1. The zero-order valence-corrected chi connectivity index (χ0v) is 16.9. The van der Waals surface area contributed by atoms with Crippen molar-refractivity contribution in [1.82, 2.24) is 5.32 Å². The van der Waals surface area contributed by atoms with Crippen LogP contribution in [0.2, 0.25) is 0 Å². The van der Waals surface area contributed by atoms with Gasteiger partial charge in [-0.3, -0.25) is 0 Å². The zero-order valence-electron chi connectivity index (χ0n) is 16.9. The van der Waals surface area contributed by atoms with Gasteiger partial charge in [-0.1, -0.05) is 60.7 Å². The van der Waals surface area contributed by atoms with E-state index in [2.05, 4.69) is 5.32 Å². The maximum absolute atomic E-state index is 12.3. The molecule has 0 aliphatic rings. The van der Waals surface area contributed by atoms with E-state index >= 15 is 0 Å². The summed E-state index contributed by atoms with van der Waals surface area (Å²) in [6.45, 7) is 0.356. The first kappa shape index (κ1) is 21.4. The Morgan fingerprint density at radius 1 is 0.833 bits per heavy atom. The molecule has 5 heteroatoms. The molecule has 3 aromatic rings. The number of rotatable bonds is 10. The van der Waals surface area contributed by atoms with Crippen LogP contribution in [0.3, 0.4) is 0 Å². The number of aliphatic hydroxyl groups is 1. The van der Waals surface area contributed by atoms with E-state index in [4.69, 9.17) is 14.6 Å². The van der Waals surface area contributed by atoms with Crippen molar-refractivity contribution in [2.75, 3.05) is 6.61 Å². The van der Waals surface area contributed by atoms with E-state index in [1.165, 1.54) is 0 Å². The first-order chi connectivity index (χ1) is 14.7. The first-order valence-corrected chi connectivity index (χ1v) is 10.2. The monoisotopic (exact) mass is 405 g/mol. The van der Waals surface area contributed by atoms with Crippen molar-refractivity contribution >= 4 is 6.09 Å². The molecule has 1 amide bonds. The lowest BCUT2D eigenvalue weighted by atomic mass is 10.0. The Labute approximate surface area is 177 Å². The molecular weight excluding hydrogens is 378 g/mol. The number of hydrogen-bond donors (Lipinski definition) is 2. The van der Waals surface area contributed by atoms with Gasteiger partial charge in [0.2, 0.25) is 0 Å². The minimum Gasteiger partial charge on any atom is -0.457 e. The van der Waals surface area contributed by atoms with Crippen LogP contribution in [0.5, 0.6) is 11.5 Å². The number of alkyl carbamates (subject to hydrolysis) is 1. The number of ether oxygens (including phenoxy) is 2. The van der Waals surface area contributed by atoms with Gasteiger partial charge in [0.05, 0.1) is 6.04 Å². The van der Waals surface area contributed by atoms with Crippen LogP contribution in [0, 0.1) is 0 Å². The summed E-state index contributed by atoms with van der Waals surface area (Å²) in [6.07, 6.45) is 1.73. The summed E-state index contributed by atoms with van der Waals surface area (Å²) in [6, 6.07) is 26.6. The van der Waals surface area contributed by atoms with Gasteiger partial charge in [-0.05, 0) is 54.7 Å². The van der Waals surface area contributed by atoms with Gasteiger partial charge in [-0.2, -0.15) is 0 Å². The Balaban J connectivity index is 1.61. The average molecular weight is 405 g/mol. The van der Waals surface area contributed by atoms with Crippen molar-refractivity contribution in [3.8, 4) is 11.5 Å². The Kier molecular flexibility index (Phi) is 8.30. The third kappa shape index (κ3) is 6.94. The van der Waals surface area contributed by atoms with E-state index < -0.39 is 6.09 Å². The van der Waals surface area contributed by atoms with Crippen LogP contribution in [-0.4, -0.2) is 17.8 Å². The zero-order chi connectivity index (χ0) is 21.0. The Morgan fingerprint density at radius 3 is 2.13 bits per heavy atom. The molecule has 0 saturated carbocycles. The highest BCUT2D eigenvalue weighted by molar-refractivity contribution is 5.68. The predicted octanol–water partition coefficient (Wildman–Crippen LogP) is 5.61. The molecule has 0 saturated heterocycles. The largest absolute Gasteiger partial charge is 0.457 e. The van der Waals surface area contributed by atoms with Gasteiger partial charge < -0.3 is 19.9 Å². The number of carbonyl (C=O) groups is 1. The number of aliphatic hydroxyl groups excluding tert-OH is 1. The van der Waals surface area contributed by atoms with Crippen LogP contribution in [0.25, 0.3) is 0 Å². The summed E-state index contributed by atoms with van der Waals surface area (Å²) < 4.78 is 11.2. The van der Waals surface area contributed by atoms with Gasteiger partial charge in [0.25, 0.3) is 0 Å². The molecule has 5 nitrogen and oxygen atoms in total. The number of unbranched alkanes of at least 4 members (excludes halogenated alkanes) is 1. The molecule has 2 N–H and O–H groups in total. The summed E-state index contributed by atoms with van der Waals surface area (Å²) in [7, 11) is 0. The van der Waals surface area contributed by atoms with Crippen LogP contribution in [-0.2, 0) is 11.3 Å². The lowest BCUT2D eigenvalue weighted by Crippen LogP contribution is -2.29. The fourth-order valence-electron chi connectivity index (χ4n) is 3.08. The number of nitrogens with one attached hydrogen (secondary N) is 1. The van der Waals surface area contributed by atoms with Crippen molar-refractivity contribution in [1.29, 1.82) is 0 Å². The summed E-state index contributed by atoms with van der Waals surface area (Å²) in [5, 5.41) is 12.0. The van der Waals surface area contributed by atoms with Crippen molar-refractivity contribution in [2.24, 2.45) is 0 Å². The van der Waals surface area contributed by atoms with Crippen LogP contribution >= 0.6 is 0 Å². The summed E-state index contributed by atoms with van der Waals surface area (Å²) in [5.74, 6) is 1.50. The minimum absolute atomic E-state index is 0.134. The maximum atomic E-state index is 12.3. The molecule has 0 aromatic heterocycles. The number of para-hydroxylation sites is 1. The molecule has 3 aromatic carbocycles. The van der Waals surface area contributed by atoms with Crippen LogP contribution in [0.1, 0.15) is 36.4 Å². The quantitative estimate of drug-likeness (QED) is 0.430. The van der Waals surface area contributed by atoms with Gasteiger partial charge in [0.1, 0.15) is 18.1 Å². The van der Waals surface area contributed by atoms with E-state index in [1.54, 1.807) is 0 Å². The molecule has 0 aliphatic carbocycles. The predicted molar refractivity (Wildman–Crippen MR) is 116 cm³/mol. The van der Waals surface area contributed by atoms with E-state index in [-0.39, 0.29) is 19.3 Å². The van der Waals surface area contributed by atoms with Crippen molar-refractivity contribution in [3.63, 3.8) is 0 Å². The molecule has 0 aliphatic heterocycles. The second-order valence-corrected chi connectivity index (χ2v) is 6.96. The Bertz CT molecular complexity index is 882. The SMILES string of the molecule is O=C(N[C@@H](CCCCO)c1ccc(Oc2ccccc2)cc1)OCc1ccccc1. The number of amides is 1. The van der Waals surface area contributed by atoms with E-state index in [1.807, 2.05) is 84.9 Å². The van der Waals surface area contributed by atoms with Gasteiger partial charge in [0.15, 0.2) is 0 Å². The highest BCUT2D eigenvalue weighted by atomic mass is 16.5. The van der Waals surface area contributed by atoms with E-state index in [0.29, 0.717) is 12.8 Å². The van der Waals surface area contributed by atoms with Crippen molar-refractivity contribution < 1.29 is 19.4 Å².